The molecule has 2 aliphatic heterocycles. The summed E-state index contributed by atoms with van der Waals surface area (Å²) in [7, 11) is 3.75. The number of ether oxygens (including phenoxy) is 3. The topological polar surface area (TPSA) is 112 Å². The van der Waals surface area contributed by atoms with Crippen molar-refractivity contribution in [1.29, 1.82) is 6.60 Å². The van der Waals surface area contributed by atoms with Gasteiger partial charge in [-0.15, -0.1) is 18.2 Å². The van der Waals surface area contributed by atoms with Crippen LogP contribution in [0.15, 0.2) is 214 Å². The molecule has 1 unspecified atom stereocenters. The van der Waals surface area contributed by atoms with Crippen LogP contribution in [0.2, 0.25) is 0 Å². The Kier molecular flexibility index (Phi) is 35.2. The third-order valence-corrected chi connectivity index (χ3v) is 15.7. The Morgan fingerprint density at radius 2 is 1.00 bits per heavy atom. The number of benzene rings is 6. The number of cyclic esters (lactones) is 2. The van der Waals surface area contributed by atoms with Crippen molar-refractivity contribution >= 4 is 80.0 Å². The van der Waals surface area contributed by atoms with Gasteiger partial charge in [-0.2, -0.15) is 5.26 Å². The van der Waals surface area contributed by atoms with Gasteiger partial charge in [0.25, 0.3) is 6.26 Å². The number of aliphatic hydroxyl groups is 1. The Hall–Kier alpha value is -4.89. The molecule has 0 saturated carbocycles. The van der Waals surface area contributed by atoms with Crippen LogP contribution in [0.3, 0.4) is 0 Å². The van der Waals surface area contributed by atoms with Crippen LogP contribution in [-0.4, -0.2) is 55.8 Å². The number of hydrogen-bond donors (Lipinski definition) is 1. The van der Waals surface area contributed by atoms with E-state index in [1.54, 1.807) is 6.26 Å². The normalized spacial score (nSPS) is 17.5. The van der Waals surface area contributed by atoms with Gasteiger partial charge in [-0.3, -0.25) is 4.70 Å². The average molecular weight is 1590 g/mol. The molecule has 0 aliphatic carbocycles. The molecule has 6 aromatic rings. The second-order valence-corrected chi connectivity index (χ2v) is 23.6. The zero-order valence-electron chi connectivity index (χ0n) is 48.6. The predicted octanol–water partition coefficient (Wildman–Crippen LogP) is 19.9. The molecule has 2 amide bonds. The minimum atomic E-state index is -0.866. The molecule has 2 radical (unpaired) electrons. The fourth-order valence-corrected chi connectivity index (χ4v) is 10.9. The van der Waals surface area contributed by atoms with Crippen LogP contribution in [0.25, 0.3) is 0 Å². The van der Waals surface area contributed by atoms with E-state index in [1.807, 2.05) is 215 Å². The second kappa shape index (κ2) is 38.3. The van der Waals surface area contributed by atoms with E-state index in [1.165, 1.54) is 0 Å². The van der Waals surface area contributed by atoms with Crippen molar-refractivity contribution in [2.24, 2.45) is 0 Å². The zero-order valence-corrected chi connectivity index (χ0v) is 57.3. The minimum absolute atomic E-state index is 0. The first-order valence-corrected chi connectivity index (χ1v) is 29.2. The third kappa shape index (κ3) is 23.1. The SMILES string of the molecule is C.C.C=C(C)CC(O)(CCCl)c1ccccc1.C=C(C)C[C@@]1(c2ccccc2)CCN([C@@H](C)c2ccc(Br)cc2)C(=O)O1.C=C(C)C[C@]1(c2ccccc2)CCN([C@@H](C)c2ccc(Br)cc2)C(=O)O1.C[C@H](OC#N)c1ccc(Br)cc1.F.[2HH].[2H][B].[U]. The van der Waals surface area contributed by atoms with Gasteiger partial charge in [0.1, 0.15) is 17.3 Å². The van der Waals surface area contributed by atoms with Crippen LogP contribution in [-0.2, 0) is 31.0 Å². The molecule has 450 valence electrons. The average Bonchev–Trinajstić information content (AvgIpc) is 1.63. The molecule has 2 saturated heterocycles. The third-order valence-electron chi connectivity index (χ3n) is 13.9. The number of halogens is 5. The van der Waals surface area contributed by atoms with Crippen LogP contribution in [0.4, 0.5) is 14.3 Å². The molecular weight excluding hydrogens is 1500 g/mol. The summed E-state index contributed by atoms with van der Waals surface area (Å²) in [6.45, 7) is 25.0. The molecule has 9 nitrogen and oxygen atoms in total. The Labute approximate surface area is 559 Å². The number of carbonyl (C=O) groups excluding carboxylic acids is 2. The molecular formula is C68H85BBr3ClFN3O6U. The van der Waals surface area contributed by atoms with Crippen LogP contribution in [0, 0.1) is 42.6 Å². The van der Waals surface area contributed by atoms with Crippen LogP contribution < -0.4 is 0 Å². The number of hydrogen-bond acceptors (Lipinski definition) is 7. The number of nitriles is 1. The van der Waals surface area contributed by atoms with Gasteiger partial charge in [0.2, 0.25) is 0 Å². The van der Waals surface area contributed by atoms with Crippen LogP contribution in [0.5, 0.6) is 0 Å². The Morgan fingerprint density at radius 3 is 1.30 bits per heavy atom. The van der Waals surface area contributed by atoms with Gasteiger partial charge in [0.15, 0.2) is 0 Å². The maximum Gasteiger partial charge on any atom is 0.411 e. The van der Waals surface area contributed by atoms with Gasteiger partial charge in [-0.05, 0) is 119 Å². The molecule has 6 aromatic carbocycles. The number of alkyl halides is 1. The summed E-state index contributed by atoms with van der Waals surface area (Å²) >= 11 is 16.0. The summed E-state index contributed by atoms with van der Waals surface area (Å²) in [5.74, 6) is 0.443. The predicted molar refractivity (Wildman–Crippen MR) is 355 cm³/mol. The fourth-order valence-electron chi connectivity index (χ4n) is 9.82. The van der Waals surface area contributed by atoms with Crippen molar-refractivity contribution in [2.45, 2.75) is 130 Å². The molecule has 8 rings (SSSR count). The molecule has 1 N–H and O–H groups in total. The van der Waals surface area contributed by atoms with Gasteiger partial charge in [0.05, 0.1) is 17.7 Å². The molecule has 2 fully saturated rings. The van der Waals surface area contributed by atoms with Crippen molar-refractivity contribution in [3.63, 3.8) is 0 Å². The molecule has 0 spiro atoms. The van der Waals surface area contributed by atoms with Gasteiger partial charge >= 0.3 is 12.2 Å². The number of nitrogens with zero attached hydrogens (tertiary/aromatic N) is 3. The first-order chi connectivity index (χ1) is 38.6. The maximum absolute atomic E-state index is 12.9. The summed E-state index contributed by atoms with van der Waals surface area (Å²) in [6.07, 6.45) is 4.85. The van der Waals surface area contributed by atoms with E-state index < -0.39 is 16.8 Å². The first-order valence-electron chi connectivity index (χ1n) is 26.9. The number of amides is 2. The summed E-state index contributed by atoms with van der Waals surface area (Å²) < 4.78 is 25.2. The van der Waals surface area contributed by atoms with Crippen LogP contribution in [0.1, 0.15) is 148 Å². The number of carbonyl (C=O) groups is 2. The van der Waals surface area contributed by atoms with E-state index in [4.69, 9.17) is 32.4 Å². The summed E-state index contributed by atoms with van der Waals surface area (Å²) in [4.78, 5) is 29.4. The molecule has 2 aliphatic rings. The summed E-state index contributed by atoms with van der Waals surface area (Å²) in [6, 6.07) is 53.4. The Balaban J connectivity index is 0. The van der Waals surface area contributed by atoms with Crippen molar-refractivity contribution < 1.29 is 66.2 Å². The Bertz CT molecular complexity index is 2860. The first kappa shape index (κ1) is 77.1. The summed E-state index contributed by atoms with van der Waals surface area (Å²) in [5.41, 5.74) is 7.04. The van der Waals surface area contributed by atoms with Gasteiger partial charge in [0, 0.05) is 105 Å². The molecule has 2 heterocycles. The second-order valence-electron chi connectivity index (χ2n) is 20.4. The smallest absolute Gasteiger partial charge is 0.411 e. The van der Waals surface area contributed by atoms with Gasteiger partial charge in [-0.1, -0.05) is 220 Å². The standard InChI is InChI=1S/2C22H24BrNO2.C13H17ClO.C9H8BrNO.2CH4.BH.FH.U.H2/c2*1-16(2)15-22(19-7-5-4-6-8-19)13-14-24(21(25)26-22)17(3)18-9-11-20(23)12-10-18;1-11(2)10-13(15,8-9-14)12-6-4-3-5-7-12;1-7(12-6-11)8-2-4-9(10)5-3-8;;;;;;/h2*4-12,17H,1,13-15H2,2-3H3;3-7,15H,1,8-10H2,2H3;2-5,7H,1H3;2*1H4;2*1H;;1H/t17-,22+;17-,22-;;7-;;;;;;/m00.0....../s1/i;;;;;;1D;;;1+1. The zero-order chi connectivity index (χ0) is 59.8. The molecule has 16 heteroatoms. The van der Waals surface area contributed by atoms with Gasteiger partial charge in [-0.25, -0.2) is 9.59 Å². The fraction of sp³-hybridized carbons (Fsp3) is 0.338. The minimum Gasteiger partial charge on any atom is -0.437 e. The summed E-state index contributed by atoms with van der Waals surface area (Å²) in [5, 5.41) is 18.8. The van der Waals surface area contributed by atoms with Crippen LogP contribution >= 0.6 is 59.4 Å². The molecule has 6 atom stereocenters. The van der Waals surface area contributed by atoms with E-state index in [0.717, 1.165) is 76.4 Å². The quantitative estimate of drug-likeness (QED) is 0.0419. The van der Waals surface area contributed by atoms with E-state index in [9.17, 15) is 14.7 Å². The largest absolute Gasteiger partial charge is 0.437 e. The monoisotopic (exact) mass is 1580 g/mol. The van der Waals surface area contributed by atoms with Crippen molar-refractivity contribution in [1.82, 2.24) is 9.80 Å². The van der Waals surface area contributed by atoms with Crippen molar-refractivity contribution in [2.75, 3.05) is 19.0 Å². The maximum atomic E-state index is 12.9. The molecule has 0 aromatic heterocycles. The van der Waals surface area contributed by atoms with E-state index in [2.05, 4.69) is 75.9 Å². The Morgan fingerprint density at radius 1 is 0.667 bits per heavy atom. The van der Waals surface area contributed by atoms with E-state index >= 15 is 0 Å². The van der Waals surface area contributed by atoms with Crippen molar-refractivity contribution in [3.8, 4) is 6.26 Å². The molecule has 0 bridgehead atoms. The van der Waals surface area contributed by atoms with Crippen molar-refractivity contribution in [3.05, 3.63) is 247 Å². The van der Waals surface area contributed by atoms with E-state index in [-0.39, 0.29) is 82.5 Å². The van der Waals surface area contributed by atoms with Gasteiger partial charge < -0.3 is 29.1 Å². The number of rotatable bonds is 17. The molecule has 84 heavy (non-hydrogen) atoms. The van der Waals surface area contributed by atoms with E-state index in [0.29, 0.717) is 44.7 Å².